The van der Waals surface area contributed by atoms with E-state index in [0.29, 0.717) is 0 Å². The van der Waals surface area contributed by atoms with Gasteiger partial charge in [-0.15, -0.1) is 0 Å². The molecule has 4 heterocycles. The van der Waals surface area contributed by atoms with Crippen LogP contribution in [0.4, 0.5) is 22.7 Å². The first kappa shape index (κ1) is 20.7. The van der Waals surface area contributed by atoms with Gasteiger partial charge >= 0.3 is 196 Å². The van der Waals surface area contributed by atoms with Gasteiger partial charge in [0.25, 0.3) is 0 Å². The zero-order valence-electron chi connectivity index (χ0n) is 18.6. The minimum atomic E-state index is -0.545. The third-order valence-electron chi connectivity index (χ3n) is 6.30. The van der Waals surface area contributed by atoms with Crippen LogP contribution in [0.2, 0.25) is 0 Å². The number of anilines is 4. The molecule has 0 amide bonds. The van der Waals surface area contributed by atoms with Crippen LogP contribution < -0.4 is 40.0 Å². The van der Waals surface area contributed by atoms with Crippen molar-refractivity contribution >= 4 is 65.8 Å². The van der Waals surface area contributed by atoms with Gasteiger partial charge in [0.1, 0.15) is 0 Å². The monoisotopic (exact) mass is 436 g/mol. The van der Waals surface area contributed by atoms with Gasteiger partial charge in [-0.25, -0.2) is 0 Å². The maximum absolute atomic E-state index is 6.16. The molecule has 2 aromatic rings. The van der Waals surface area contributed by atoms with E-state index in [1.165, 1.54) is 11.4 Å². The van der Waals surface area contributed by atoms with Crippen molar-refractivity contribution in [1.82, 2.24) is 20.6 Å². The zero-order valence-corrected chi connectivity index (χ0v) is 18.6. The van der Waals surface area contributed by atoms with Crippen LogP contribution in [0.25, 0.3) is 0 Å². The van der Waals surface area contributed by atoms with E-state index < -0.39 is 14.4 Å². The Balaban J connectivity index is 1.12. The molecule has 17 heteroatoms. The average Bonchev–Trinajstić information content (AvgIpc) is 3.37. The number of benzene rings is 2. The van der Waals surface area contributed by atoms with Gasteiger partial charge < -0.3 is 0 Å². The van der Waals surface area contributed by atoms with Crippen molar-refractivity contribution in [3.8, 4) is 0 Å². The number of nitrogens with zero attached hydrogens (tertiary/aromatic N) is 6. The van der Waals surface area contributed by atoms with Crippen LogP contribution in [0.5, 0.6) is 0 Å². The molecule has 2 aromatic carbocycles. The normalized spacial score (nSPS) is 18.7. The fourth-order valence-electron chi connectivity index (χ4n) is 4.71. The van der Waals surface area contributed by atoms with E-state index in [1.54, 1.807) is 14.4 Å². The van der Waals surface area contributed by atoms with Crippen LogP contribution in [0, 0.1) is 0 Å². The molecule has 0 saturated heterocycles. The first-order valence-corrected chi connectivity index (χ1v) is 11.0. The van der Waals surface area contributed by atoms with Crippen molar-refractivity contribution in [2.24, 2.45) is 9.61 Å². The summed E-state index contributed by atoms with van der Waals surface area (Å²) in [6, 6.07) is 16.7. The summed E-state index contributed by atoms with van der Waals surface area (Å²) in [7, 11) is 6.17. The van der Waals surface area contributed by atoms with Gasteiger partial charge in [-0.05, 0) is 0 Å². The summed E-state index contributed by atoms with van der Waals surface area (Å²) in [5, 5.41) is 13.4. The van der Waals surface area contributed by atoms with Crippen molar-refractivity contribution in [2.45, 2.75) is 0 Å². The predicted octanol–water partition coefficient (Wildman–Crippen LogP) is -1.24. The standard InChI is InChI=1S/C16H22B6N10O/c1-29-11-31(15-9-5-3-7-13(15)29)19-23-17-25-21(27-19)33-22-26-18-24-20(28-22)32-12-30(2)14-8-4-6-10-16(14)32/h3-10,23-24,27-28H,11-12H2,1-2H3. The Labute approximate surface area is 196 Å². The second kappa shape index (κ2) is 8.47. The quantitative estimate of drug-likeness (QED) is 0.440. The van der Waals surface area contributed by atoms with Crippen LogP contribution in [0.15, 0.2) is 58.1 Å². The molecule has 160 valence electrons. The van der Waals surface area contributed by atoms with E-state index in [-0.39, 0.29) is 14.2 Å². The maximum atomic E-state index is 6.16. The minimum absolute atomic E-state index is 0.154. The van der Waals surface area contributed by atoms with Gasteiger partial charge in [-0.3, -0.25) is 0 Å². The van der Waals surface area contributed by atoms with Crippen LogP contribution in [-0.4, -0.2) is 70.5 Å². The van der Waals surface area contributed by atoms with E-state index in [9.17, 15) is 0 Å². The summed E-state index contributed by atoms with van der Waals surface area (Å²) >= 11 is 0. The Hall–Kier alpha value is -2.89. The van der Waals surface area contributed by atoms with Gasteiger partial charge in [-0.2, -0.15) is 0 Å². The zero-order chi connectivity index (χ0) is 22.4. The number of nitrogens with one attached hydrogen (secondary N) is 4. The number of hydrogen-bond donors (Lipinski definition) is 4. The molecule has 4 N–H and O–H groups in total. The van der Waals surface area contributed by atoms with Gasteiger partial charge in [0.15, 0.2) is 0 Å². The number of hydrogen-bond acceptors (Lipinski definition) is 11. The van der Waals surface area contributed by atoms with Crippen LogP contribution in [0.1, 0.15) is 0 Å². The van der Waals surface area contributed by atoms with Crippen LogP contribution >= 0.6 is 0 Å². The summed E-state index contributed by atoms with van der Waals surface area (Å²) in [4.78, 5) is 17.8. The topological polar surface area (TPSA) is 95.0 Å². The van der Waals surface area contributed by atoms with Gasteiger partial charge in [-0.1, -0.05) is 0 Å². The first-order valence-electron chi connectivity index (χ1n) is 11.0. The molecule has 33 heavy (non-hydrogen) atoms. The summed E-state index contributed by atoms with van der Waals surface area (Å²) < 4.78 is 6.16. The molecule has 4 aliphatic rings. The van der Waals surface area contributed by atoms with Crippen LogP contribution in [0.3, 0.4) is 0 Å². The Kier molecular flexibility index (Phi) is 5.31. The van der Waals surface area contributed by atoms with E-state index in [0.717, 1.165) is 24.7 Å². The molecule has 6 rings (SSSR count). The molecule has 0 bridgehead atoms. The van der Waals surface area contributed by atoms with E-state index in [2.05, 4.69) is 112 Å². The van der Waals surface area contributed by atoms with E-state index >= 15 is 0 Å². The van der Waals surface area contributed by atoms with Crippen molar-refractivity contribution in [2.75, 3.05) is 46.9 Å². The Morgan fingerprint density at radius 2 is 1.15 bits per heavy atom. The molecule has 0 spiro atoms. The third-order valence-corrected chi connectivity index (χ3v) is 6.30. The second-order valence-electron chi connectivity index (χ2n) is 8.46. The number of para-hydroxylation sites is 4. The number of rotatable bonds is 4. The molecular formula is C16H22B6N10O. The Bertz CT molecular complexity index is 1010. The summed E-state index contributed by atoms with van der Waals surface area (Å²) in [5.41, 5.74) is 4.72. The number of fused-ring (bicyclic) bond motifs is 2. The van der Waals surface area contributed by atoms with E-state index in [1.807, 2.05) is 0 Å². The van der Waals surface area contributed by atoms with Crippen molar-refractivity contribution in [3.05, 3.63) is 48.5 Å². The fraction of sp³-hybridized carbons (Fsp3) is 0.250. The molecular weight excluding hydrogens is 413 g/mol. The van der Waals surface area contributed by atoms with Crippen LogP contribution in [-0.2, 0) is 4.57 Å². The van der Waals surface area contributed by atoms with Crippen molar-refractivity contribution in [1.29, 1.82) is 0 Å². The molecule has 0 saturated carbocycles. The van der Waals surface area contributed by atoms with Crippen molar-refractivity contribution in [3.63, 3.8) is 0 Å². The third kappa shape index (κ3) is 3.79. The fourth-order valence-corrected chi connectivity index (χ4v) is 4.71. The Morgan fingerprint density at radius 1 is 0.727 bits per heavy atom. The molecule has 0 fully saturated rings. The van der Waals surface area contributed by atoms with E-state index in [4.69, 9.17) is 4.57 Å². The molecule has 0 aliphatic carbocycles. The summed E-state index contributed by atoms with van der Waals surface area (Å²) in [6.45, 7) is 1.52. The molecule has 0 unspecified atom stereocenters. The molecule has 0 atom stereocenters. The Morgan fingerprint density at radius 3 is 1.61 bits per heavy atom. The average molecular weight is 435 g/mol. The van der Waals surface area contributed by atoms with Gasteiger partial charge in [0.05, 0.1) is 0 Å². The summed E-state index contributed by atoms with van der Waals surface area (Å²) in [5.74, 6) is 0. The second-order valence-corrected chi connectivity index (χ2v) is 8.46. The van der Waals surface area contributed by atoms with Gasteiger partial charge in [0, 0.05) is 0 Å². The van der Waals surface area contributed by atoms with Crippen molar-refractivity contribution < 1.29 is 4.57 Å². The van der Waals surface area contributed by atoms with Gasteiger partial charge in [0.2, 0.25) is 0 Å². The molecule has 4 aliphatic heterocycles. The summed E-state index contributed by atoms with van der Waals surface area (Å²) in [6.07, 6.45) is 0. The molecule has 11 nitrogen and oxygen atoms in total. The predicted molar refractivity (Wildman–Crippen MR) is 137 cm³/mol. The molecule has 0 radical (unpaired) electrons. The first-order chi connectivity index (χ1) is 16.2. The SMILES string of the molecule is CN1CN(B2NB=NB(OB3N=BNB(N4CN(C)c5ccccc54)N3)N2)c2ccccc21. The molecule has 0 aromatic heterocycles.